The molecule has 154 valence electrons. The Balaban J connectivity index is 2.28. The van der Waals surface area contributed by atoms with Crippen molar-refractivity contribution in [1.82, 2.24) is 4.98 Å². The van der Waals surface area contributed by atoms with Crippen molar-refractivity contribution in [3.63, 3.8) is 0 Å². The van der Waals surface area contributed by atoms with Crippen LogP contribution >= 0.6 is 0 Å². The SMILES string of the molecule is CCN=C1CC(C)(C)CCC1C(N)C(=O)N=C(N)c1cc(CC)c(=O)[nH]c1C. The van der Waals surface area contributed by atoms with Gasteiger partial charge in [0.2, 0.25) is 0 Å². The number of nitrogens with two attached hydrogens (primary N) is 2. The molecule has 0 saturated heterocycles. The van der Waals surface area contributed by atoms with E-state index < -0.39 is 11.9 Å². The minimum Gasteiger partial charge on any atom is -0.383 e. The summed E-state index contributed by atoms with van der Waals surface area (Å²) in [5.41, 5.74) is 15.1. The van der Waals surface area contributed by atoms with Crippen molar-refractivity contribution in [2.75, 3.05) is 6.54 Å². The zero-order valence-corrected chi connectivity index (χ0v) is 17.6. The van der Waals surface area contributed by atoms with E-state index in [1.165, 1.54) is 0 Å². The number of aromatic amines is 1. The van der Waals surface area contributed by atoms with Gasteiger partial charge in [0, 0.05) is 35.0 Å². The fourth-order valence-corrected chi connectivity index (χ4v) is 3.81. The highest BCUT2D eigenvalue weighted by atomic mass is 16.1. The fraction of sp³-hybridized carbons (Fsp3) is 0.619. The molecule has 0 spiro atoms. The van der Waals surface area contributed by atoms with Crippen LogP contribution < -0.4 is 17.0 Å². The van der Waals surface area contributed by atoms with Gasteiger partial charge in [0.25, 0.3) is 11.5 Å². The molecule has 7 nitrogen and oxygen atoms in total. The molecule has 1 aromatic rings. The Bertz CT molecular complexity index is 851. The van der Waals surface area contributed by atoms with Crippen molar-refractivity contribution in [2.24, 2.45) is 32.8 Å². The molecular formula is C21H33N5O2. The Labute approximate surface area is 166 Å². The van der Waals surface area contributed by atoms with Gasteiger partial charge in [0.05, 0.1) is 6.04 Å². The zero-order valence-electron chi connectivity index (χ0n) is 17.6. The molecule has 0 bridgehead atoms. The van der Waals surface area contributed by atoms with Gasteiger partial charge in [-0.1, -0.05) is 20.8 Å². The molecule has 1 saturated carbocycles. The molecule has 7 heteroatoms. The van der Waals surface area contributed by atoms with Crippen LogP contribution in [-0.2, 0) is 11.2 Å². The first-order chi connectivity index (χ1) is 13.1. The lowest BCUT2D eigenvalue weighted by Crippen LogP contribution is -2.46. The molecule has 0 aliphatic heterocycles. The van der Waals surface area contributed by atoms with Crippen LogP contribution in [0.3, 0.4) is 0 Å². The summed E-state index contributed by atoms with van der Waals surface area (Å²) in [6, 6.07) is 0.924. The summed E-state index contributed by atoms with van der Waals surface area (Å²) in [5, 5.41) is 0. The molecular weight excluding hydrogens is 354 g/mol. The Morgan fingerprint density at radius 2 is 2.07 bits per heavy atom. The maximum atomic E-state index is 12.8. The highest BCUT2D eigenvalue weighted by Crippen LogP contribution is 2.37. The van der Waals surface area contributed by atoms with Gasteiger partial charge in [-0.05, 0) is 51.0 Å². The zero-order chi connectivity index (χ0) is 21.1. The molecule has 1 amide bonds. The molecule has 2 rings (SSSR count). The van der Waals surface area contributed by atoms with Gasteiger partial charge < -0.3 is 16.5 Å². The van der Waals surface area contributed by atoms with Crippen LogP contribution in [0.5, 0.6) is 0 Å². The normalized spacial score (nSPS) is 22.3. The van der Waals surface area contributed by atoms with E-state index >= 15 is 0 Å². The van der Waals surface area contributed by atoms with Crippen molar-refractivity contribution in [2.45, 2.75) is 66.3 Å². The standard InChI is InChI=1S/C21H33N5O2/c1-6-13-10-15(12(3)25-19(13)27)18(23)26-20(28)17(22)14-8-9-21(4,5)11-16(14)24-7-2/h10,14,17H,6-9,11,22H2,1-5H3,(H,25,27)(H2,23,26,28). The van der Waals surface area contributed by atoms with Gasteiger partial charge in [-0.15, -0.1) is 0 Å². The lowest BCUT2D eigenvalue weighted by atomic mass is 9.70. The van der Waals surface area contributed by atoms with Crippen molar-refractivity contribution < 1.29 is 4.79 Å². The van der Waals surface area contributed by atoms with Crippen molar-refractivity contribution >= 4 is 17.5 Å². The predicted molar refractivity (Wildman–Crippen MR) is 114 cm³/mol. The van der Waals surface area contributed by atoms with Gasteiger partial charge in [0.15, 0.2) is 0 Å². The molecule has 2 unspecified atom stereocenters. The Hall–Kier alpha value is -2.28. The Morgan fingerprint density at radius 1 is 1.39 bits per heavy atom. The minimum absolute atomic E-state index is 0.0778. The number of nitrogens with one attached hydrogen (secondary N) is 1. The van der Waals surface area contributed by atoms with E-state index in [2.05, 4.69) is 28.8 Å². The first kappa shape index (κ1) is 22.0. The number of aryl methyl sites for hydroxylation is 2. The molecule has 0 radical (unpaired) electrons. The van der Waals surface area contributed by atoms with Gasteiger partial charge in [-0.25, -0.2) is 0 Å². The summed E-state index contributed by atoms with van der Waals surface area (Å²) in [5.74, 6) is -0.483. The molecule has 1 heterocycles. The van der Waals surface area contributed by atoms with Gasteiger partial charge in [0.1, 0.15) is 5.84 Å². The number of hydrogen-bond donors (Lipinski definition) is 3. The number of rotatable bonds is 5. The molecule has 28 heavy (non-hydrogen) atoms. The maximum Gasteiger partial charge on any atom is 0.265 e. The molecule has 1 aliphatic rings. The number of carbonyl (C=O) groups excluding carboxylic acids is 1. The van der Waals surface area contributed by atoms with Crippen LogP contribution in [0.25, 0.3) is 0 Å². The fourth-order valence-electron chi connectivity index (χ4n) is 3.81. The lowest BCUT2D eigenvalue weighted by molar-refractivity contribution is -0.119. The van der Waals surface area contributed by atoms with Crippen LogP contribution in [0.15, 0.2) is 20.8 Å². The topological polar surface area (TPSA) is 127 Å². The monoisotopic (exact) mass is 387 g/mol. The Kier molecular flexibility index (Phi) is 6.93. The van der Waals surface area contributed by atoms with E-state index in [4.69, 9.17) is 11.5 Å². The number of amidine groups is 1. The van der Waals surface area contributed by atoms with E-state index in [9.17, 15) is 9.59 Å². The van der Waals surface area contributed by atoms with E-state index in [-0.39, 0.29) is 22.7 Å². The maximum absolute atomic E-state index is 12.8. The van der Waals surface area contributed by atoms with E-state index in [1.807, 2.05) is 13.8 Å². The van der Waals surface area contributed by atoms with Gasteiger partial charge in [-0.3, -0.25) is 14.6 Å². The molecule has 1 aromatic heterocycles. The third-order valence-corrected chi connectivity index (χ3v) is 5.50. The number of hydrogen-bond acceptors (Lipinski definition) is 4. The number of aromatic nitrogens is 1. The van der Waals surface area contributed by atoms with Crippen molar-refractivity contribution in [3.05, 3.63) is 33.2 Å². The van der Waals surface area contributed by atoms with E-state index in [0.29, 0.717) is 29.8 Å². The summed E-state index contributed by atoms with van der Waals surface area (Å²) in [6.45, 7) is 10.7. The smallest absolute Gasteiger partial charge is 0.265 e. The van der Waals surface area contributed by atoms with Gasteiger partial charge in [-0.2, -0.15) is 4.99 Å². The minimum atomic E-state index is -0.770. The highest BCUT2D eigenvalue weighted by molar-refractivity contribution is 6.07. The molecule has 0 aromatic carbocycles. The average molecular weight is 388 g/mol. The first-order valence-electron chi connectivity index (χ1n) is 9.99. The molecule has 5 N–H and O–H groups in total. The summed E-state index contributed by atoms with van der Waals surface area (Å²) in [7, 11) is 0. The van der Waals surface area contributed by atoms with Gasteiger partial charge >= 0.3 is 0 Å². The second-order valence-electron chi connectivity index (χ2n) is 8.33. The van der Waals surface area contributed by atoms with Crippen LogP contribution in [0, 0.1) is 18.3 Å². The number of pyridine rings is 1. The van der Waals surface area contributed by atoms with E-state index in [1.54, 1.807) is 13.0 Å². The van der Waals surface area contributed by atoms with Crippen molar-refractivity contribution in [1.29, 1.82) is 0 Å². The predicted octanol–water partition coefficient (Wildman–Crippen LogP) is 2.09. The number of carbonyl (C=O) groups is 1. The second kappa shape index (κ2) is 8.82. The van der Waals surface area contributed by atoms with Crippen LogP contribution in [0.4, 0.5) is 0 Å². The number of amides is 1. The second-order valence-corrected chi connectivity index (χ2v) is 8.33. The summed E-state index contributed by atoms with van der Waals surface area (Å²) in [6.07, 6.45) is 3.20. The molecule has 1 fully saturated rings. The largest absolute Gasteiger partial charge is 0.383 e. The lowest BCUT2D eigenvalue weighted by Gasteiger charge is -2.37. The van der Waals surface area contributed by atoms with Crippen LogP contribution in [0.1, 0.15) is 63.8 Å². The van der Waals surface area contributed by atoms with Crippen molar-refractivity contribution in [3.8, 4) is 0 Å². The van der Waals surface area contributed by atoms with E-state index in [0.717, 1.165) is 25.0 Å². The summed E-state index contributed by atoms with van der Waals surface area (Å²) >= 11 is 0. The average Bonchev–Trinajstić information content (AvgIpc) is 2.61. The first-order valence-corrected chi connectivity index (χ1v) is 9.99. The molecule has 1 aliphatic carbocycles. The Morgan fingerprint density at radius 3 is 2.68 bits per heavy atom. The van der Waals surface area contributed by atoms with Crippen LogP contribution in [0.2, 0.25) is 0 Å². The third kappa shape index (κ3) is 4.95. The quantitative estimate of drug-likeness (QED) is 0.528. The number of H-pyrrole nitrogens is 1. The summed E-state index contributed by atoms with van der Waals surface area (Å²) < 4.78 is 0. The summed E-state index contributed by atoms with van der Waals surface area (Å²) in [4.78, 5) is 36.1. The van der Waals surface area contributed by atoms with Crippen LogP contribution in [-0.4, -0.2) is 35.0 Å². The number of aliphatic imine (C=N–C) groups is 2. The highest BCUT2D eigenvalue weighted by Gasteiger charge is 2.37. The molecule has 2 atom stereocenters. The number of nitrogens with zero attached hydrogens (tertiary/aromatic N) is 2. The third-order valence-electron chi connectivity index (χ3n) is 5.50.